The molecule has 0 aliphatic carbocycles. The normalized spacial score (nSPS) is 20.4. The minimum absolute atomic E-state index is 0.191. The summed E-state index contributed by atoms with van der Waals surface area (Å²) in [4.78, 5) is 2.28. The first kappa shape index (κ1) is 11.7. The van der Waals surface area contributed by atoms with Crippen LogP contribution in [0.2, 0.25) is 5.02 Å². The topological polar surface area (TPSA) is 29.3 Å². The van der Waals surface area contributed by atoms with Crippen molar-refractivity contribution >= 4 is 17.3 Å². The van der Waals surface area contributed by atoms with Gasteiger partial charge in [0.1, 0.15) is 5.82 Å². The fourth-order valence-corrected chi connectivity index (χ4v) is 2.51. The van der Waals surface area contributed by atoms with E-state index in [9.17, 15) is 4.39 Å². The lowest BCUT2D eigenvalue weighted by molar-refractivity contribution is 0.614. The number of halogens is 2. The molecular formula is C12H16ClFN2. The molecule has 1 unspecified atom stereocenters. The van der Waals surface area contributed by atoms with Crippen LogP contribution in [0.25, 0.3) is 0 Å². The third-order valence-electron chi connectivity index (χ3n) is 3.11. The SMILES string of the molecule is NCCC1CCCN1c1ccc(F)c(Cl)c1. The molecule has 2 N–H and O–H groups in total. The summed E-state index contributed by atoms with van der Waals surface area (Å²) in [5.41, 5.74) is 6.59. The van der Waals surface area contributed by atoms with E-state index < -0.39 is 0 Å². The van der Waals surface area contributed by atoms with E-state index in [-0.39, 0.29) is 10.8 Å². The van der Waals surface area contributed by atoms with Crippen LogP contribution in [0.5, 0.6) is 0 Å². The maximum absolute atomic E-state index is 13.1. The Morgan fingerprint density at radius 3 is 3.00 bits per heavy atom. The molecule has 1 aromatic carbocycles. The van der Waals surface area contributed by atoms with E-state index in [0.29, 0.717) is 12.6 Å². The number of rotatable bonds is 3. The fraction of sp³-hybridized carbons (Fsp3) is 0.500. The van der Waals surface area contributed by atoms with Gasteiger partial charge in [-0.3, -0.25) is 0 Å². The lowest BCUT2D eigenvalue weighted by Gasteiger charge is -2.26. The second-order valence-corrected chi connectivity index (χ2v) is 4.57. The van der Waals surface area contributed by atoms with Crippen molar-refractivity contribution in [3.8, 4) is 0 Å². The van der Waals surface area contributed by atoms with Crippen LogP contribution in [-0.2, 0) is 0 Å². The second-order valence-electron chi connectivity index (χ2n) is 4.17. The maximum Gasteiger partial charge on any atom is 0.141 e. The minimum Gasteiger partial charge on any atom is -0.368 e. The maximum atomic E-state index is 13.1. The summed E-state index contributed by atoms with van der Waals surface area (Å²) in [6.07, 6.45) is 3.31. The van der Waals surface area contributed by atoms with Gasteiger partial charge >= 0.3 is 0 Å². The molecule has 0 bridgehead atoms. The number of nitrogens with two attached hydrogens (primary N) is 1. The highest BCUT2D eigenvalue weighted by atomic mass is 35.5. The zero-order valence-corrected chi connectivity index (χ0v) is 9.88. The Morgan fingerprint density at radius 1 is 1.50 bits per heavy atom. The van der Waals surface area contributed by atoms with Crippen molar-refractivity contribution in [2.24, 2.45) is 5.73 Å². The highest BCUT2D eigenvalue weighted by Gasteiger charge is 2.24. The van der Waals surface area contributed by atoms with Gasteiger partial charge in [0.05, 0.1) is 5.02 Å². The van der Waals surface area contributed by atoms with E-state index in [2.05, 4.69) is 4.90 Å². The van der Waals surface area contributed by atoms with E-state index in [1.807, 2.05) is 0 Å². The first-order valence-electron chi connectivity index (χ1n) is 5.64. The quantitative estimate of drug-likeness (QED) is 0.883. The highest BCUT2D eigenvalue weighted by Crippen LogP contribution is 2.29. The van der Waals surface area contributed by atoms with E-state index in [0.717, 1.165) is 25.1 Å². The molecule has 0 spiro atoms. The standard InChI is InChI=1S/C12H16ClFN2/c13-11-8-10(3-4-12(11)14)16-7-1-2-9(16)5-6-15/h3-4,8-9H,1-2,5-7,15H2. The average molecular weight is 243 g/mol. The van der Waals surface area contributed by atoms with Gasteiger partial charge in [-0.2, -0.15) is 0 Å². The van der Waals surface area contributed by atoms with Crippen molar-refractivity contribution in [2.45, 2.75) is 25.3 Å². The van der Waals surface area contributed by atoms with Crippen LogP contribution in [0.3, 0.4) is 0 Å². The van der Waals surface area contributed by atoms with Crippen molar-refractivity contribution in [3.63, 3.8) is 0 Å². The predicted octanol–water partition coefficient (Wildman–Crippen LogP) is 2.80. The zero-order valence-electron chi connectivity index (χ0n) is 9.13. The largest absolute Gasteiger partial charge is 0.368 e. The Balaban J connectivity index is 2.19. The summed E-state index contributed by atoms with van der Waals surface area (Å²) in [7, 11) is 0. The molecular weight excluding hydrogens is 227 g/mol. The lowest BCUT2D eigenvalue weighted by Crippen LogP contribution is -2.31. The molecule has 0 aromatic heterocycles. The summed E-state index contributed by atoms with van der Waals surface area (Å²) in [6, 6.07) is 5.39. The summed E-state index contributed by atoms with van der Waals surface area (Å²) in [6.45, 7) is 1.70. The van der Waals surface area contributed by atoms with Gasteiger partial charge in [0.2, 0.25) is 0 Å². The second kappa shape index (κ2) is 5.02. The van der Waals surface area contributed by atoms with Gasteiger partial charge in [-0.05, 0) is 44.0 Å². The molecule has 2 rings (SSSR count). The van der Waals surface area contributed by atoms with Crippen LogP contribution in [0.4, 0.5) is 10.1 Å². The van der Waals surface area contributed by atoms with Crippen LogP contribution in [0.15, 0.2) is 18.2 Å². The molecule has 1 aliphatic rings. The van der Waals surface area contributed by atoms with Crippen LogP contribution < -0.4 is 10.6 Å². The number of anilines is 1. The smallest absolute Gasteiger partial charge is 0.141 e. The molecule has 88 valence electrons. The van der Waals surface area contributed by atoms with E-state index in [1.54, 1.807) is 12.1 Å². The Kier molecular flexibility index (Phi) is 3.66. The summed E-state index contributed by atoms with van der Waals surface area (Å²) in [5.74, 6) is -0.361. The summed E-state index contributed by atoms with van der Waals surface area (Å²) in [5, 5.41) is 0.191. The molecule has 1 aliphatic heterocycles. The van der Waals surface area contributed by atoms with E-state index >= 15 is 0 Å². The number of benzene rings is 1. The Bertz CT molecular complexity index is 370. The summed E-state index contributed by atoms with van der Waals surface area (Å²) >= 11 is 5.79. The van der Waals surface area contributed by atoms with E-state index in [1.165, 1.54) is 12.5 Å². The van der Waals surface area contributed by atoms with E-state index in [4.69, 9.17) is 17.3 Å². The van der Waals surface area contributed by atoms with Gasteiger partial charge in [-0.15, -0.1) is 0 Å². The van der Waals surface area contributed by atoms with Gasteiger partial charge in [-0.1, -0.05) is 11.6 Å². The third-order valence-corrected chi connectivity index (χ3v) is 3.40. The van der Waals surface area contributed by atoms with Crippen LogP contribution >= 0.6 is 11.6 Å². The first-order chi connectivity index (χ1) is 7.72. The Morgan fingerprint density at radius 2 is 2.31 bits per heavy atom. The van der Waals surface area contributed by atoms with Crippen molar-refractivity contribution in [1.82, 2.24) is 0 Å². The number of hydrogen-bond donors (Lipinski definition) is 1. The molecule has 1 aromatic rings. The van der Waals surface area contributed by atoms with Crippen molar-refractivity contribution in [3.05, 3.63) is 29.0 Å². The van der Waals surface area contributed by atoms with Gasteiger partial charge in [0, 0.05) is 18.3 Å². The predicted molar refractivity (Wildman–Crippen MR) is 65.4 cm³/mol. The zero-order chi connectivity index (χ0) is 11.5. The van der Waals surface area contributed by atoms with Crippen molar-refractivity contribution < 1.29 is 4.39 Å². The third kappa shape index (κ3) is 2.30. The fourth-order valence-electron chi connectivity index (χ4n) is 2.33. The number of nitrogens with zero attached hydrogens (tertiary/aromatic N) is 1. The molecule has 1 saturated heterocycles. The van der Waals surface area contributed by atoms with Crippen molar-refractivity contribution in [1.29, 1.82) is 0 Å². The monoisotopic (exact) mass is 242 g/mol. The lowest BCUT2D eigenvalue weighted by atomic mass is 10.1. The molecule has 0 saturated carbocycles. The highest BCUT2D eigenvalue weighted by molar-refractivity contribution is 6.31. The first-order valence-corrected chi connectivity index (χ1v) is 6.02. The molecule has 4 heteroatoms. The number of hydrogen-bond acceptors (Lipinski definition) is 2. The van der Waals surface area contributed by atoms with Gasteiger partial charge in [0.15, 0.2) is 0 Å². The Labute approximate surface area is 100 Å². The van der Waals surface area contributed by atoms with Gasteiger partial charge in [0.25, 0.3) is 0 Å². The molecule has 1 fully saturated rings. The molecule has 0 amide bonds. The Hall–Kier alpha value is -0.800. The molecule has 2 nitrogen and oxygen atoms in total. The van der Waals surface area contributed by atoms with Crippen LogP contribution in [-0.4, -0.2) is 19.1 Å². The minimum atomic E-state index is -0.361. The van der Waals surface area contributed by atoms with Gasteiger partial charge < -0.3 is 10.6 Å². The van der Waals surface area contributed by atoms with Gasteiger partial charge in [-0.25, -0.2) is 4.39 Å². The molecule has 1 atom stereocenters. The van der Waals surface area contributed by atoms with Crippen LogP contribution in [0, 0.1) is 5.82 Å². The molecule has 0 radical (unpaired) electrons. The summed E-state index contributed by atoms with van der Waals surface area (Å²) < 4.78 is 13.1. The average Bonchev–Trinajstić information content (AvgIpc) is 2.71. The van der Waals surface area contributed by atoms with Crippen molar-refractivity contribution in [2.75, 3.05) is 18.0 Å². The molecule has 16 heavy (non-hydrogen) atoms. The van der Waals surface area contributed by atoms with Crippen LogP contribution in [0.1, 0.15) is 19.3 Å². The molecule has 1 heterocycles.